The Labute approximate surface area is 210 Å². The fourth-order valence-corrected chi connectivity index (χ4v) is 5.06. The van der Waals surface area contributed by atoms with E-state index in [0.717, 1.165) is 57.5 Å². The van der Waals surface area contributed by atoms with Crippen LogP contribution in [0.25, 0.3) is 0 Å². The number of hydrogen-bond donors (Lipinski definition) is 0. The van der Waals surface area contributed by atoms with Crippen LogP contribution in [0.5, 0.6) is 0 Å². The zero-order chi connectivity index (χ0) is 25.4. The molecule has 3 atom stereocenters. The zero-order valence-corrected chi connectivity index (χ0v) is 23.1. The van der Waals surface area contributed by atoms with E-state index in [1.807, 2.05) is 12.2 Å². The van der Waals surface area contributed by atoms with Crippen molar-refractivity contribution in [2.75, 3.05) is 26.4 Å². The van der Waals surface area contributed by atoms with Gasteiger partial charge < -0.3 is 18.9 Å². The first kappa shape index (κ1) is 29.3. The Morgan fingerprint density at radius 2 is 1.56 bits per heavy atom. The fourth-order valence-electron chi connectivity index (χ4n) is 5.06. The van der Waals surface area contributed by atoms with Gasteiger partial charge in [-0.2, -0.15) is 0 Å². The molecule has 1 saturated carbocycles. The van der Waals surface area contributed by atoms with Crippen molar-refractivity contribution in [3.05, 3.63) is 37.0 Å². The minimum atomic E-state index is 0.00963. The molecule has 4 nitrogen and oxygen atoms in total. The predicted octanol–water partition coefficient (Wildman–Crippen LogP) is 7.56. The van der Waals surface area contributed by atoms with Crippen LogP contribution in [0.3, 0.4) is 0 Å². The lowest BCUT2D eigenvalue weighted by molar-refractivity contribution is -0.0564. The van der Waals surface area contributed by atoms with Crippen LogP contribution in [-0.4, -0.2) is 39.0 Å². The van der Waals surface area contributed by atoms with Crippen LogP contribution in [0.1, 0.15) is 80.6 Å². The van der Waals surface area contributed by atoms with Crippen molar-refractivity contribution in [2.24, 2.45) is 34.5 Å². The van der Waals surface area contributed by atoms with Gasteiger partial charge in [-0.1, -0.05) is 65.3 Å². The van der Waals surface area contributed by atoms with Crippen molar-refractivity contribution in [3.63, 3.8) is 0 Å². The Balaban J connectivity index is 0.000000181. The van der Waals surface area contributed by atoms with Crippen LogP contribution >= 0.6 is 0 Å². The van der Waals surface area contributed by atoms with Crippen molar-refractivity contribution in [1.29, 1.82) is 0 Å². The number of hydrogen-bond acceptors (Lipinski definition) is 4. The first-order valence-electron chi connectivity index (χ1n) is 13.4. The van der Waals surface area contributed by atoms with E-state index in [2.05, 4.69) is 67.7 Å². The van der Waals surface area contributed by atoms with E-state index in [1.54, 1.807) is 5.57 Å². The second kappa shape index (κ2) is 13.4. The zero-order valence-electron chi connectivity index (χ0n) is 23.1. The maximum Gasteiger partial charge on any atom is 0.158 e. The fraction of sp³-hybridized carbons (Fsp3) is 0.800. The monoisotopic (exact) mass is 476 g/mol. The predicted molar refractivity (Wildman–Crippen MR) is 141 cm³/mol. The number of fused-ring (bicyclic) bond motifs is 1. The minimum absolute atomic E-state index is 0.00963. The van der Waals surface area contributed by atoms with Gasteiger partial charge in [-0.15, -0.1) is 13.2 Å². The van der Waals surface area contributed by atoms with Gasteiger partial charge in [0.25, 0.3) is 0 Å². The molecule has 0 N–H and O–H groups in total. The smallest absolute Gasteiger partial charge is 0.158 e. The highest BCUT2D eigenvalue weighted by atomic mass is 16.7. The Kier molecular flexibility index (Phi) is 11.5. The summed E-state index contributed by atoms with van der Waals surface area (Å²) in [4.78, 5) is 0. The van der Waals surface area contributed by atoms with Crippen LogP contribution in [0, 0.1) is 34.5 Å². The quantitative estimate of drug-likeness (QED) is 0.339. The van der Waals surface area contributed by atoms with Gasteiger partial charge in [-0.05, 0) is 67.1 Å². The summed E-state index contributed by atoms with van der Waals surface area (Å²) in [5.41, 5.74) is 2.50. The summed E-state index contributed by atoms with van der Waals surface area (Å²) in [7, 11) is 0. The summed E-state index contributed by atoms with van der Waals surface area (Å²) in [5.74, 6) is 3.18. The van der Waals surface area contributed by atoms with Gasteiger partial charge in [-0.25, -0.2) is 0 Å². The molecule has 4 heteroatoms. The van der Waals surface area contributed by atoms with Gasteiger partial charge in [-0.3, -0.25) is 0 Å². The van der Waals surface area contributed by atoms with Gasteiger partial charge in [0.05, 0.1) is 26.4 Å². The largest absolute Gasteiger partial charge is 0.350 e. The van der Waals surface area contributed by atoms with Crippen molar-refractivity contribution in [2.45, 2.75) is 93.2 Å². The Bertz CT molecular complexity index is 651. The summed E-state index contributed by atoms with van der Waals surface area (Å²) in [5, 5.41) is 0. The minimum Gasteiger partial charge on any atom is -0.350 e. The molecular weight excluding hydrogens is 424 g/mol. The maximum atomic E-state index is 5.37. The highest BCUT2D eigenvalue weighted by molar-refractivity contribution is 5.18. The topological polar surface area (TPSA) is 36.9 Å². The van der Waals surface area contributed by atoms with Crippen molar-refractivity contribution in [3.8, 4) is 0 Å². The summed E-state index contributed by atoms with van der Waals surface area (Å²) in [6, 6.07) is 0. The van der Waals surface area contributed by atoms with Crippen LogP contribution < -0.4 is 0 Å². The molecule has 0 bridgehead atoms. The lowest BCUT2D eigenvalue weighted by Crippen LogP contribution is -2.16. The molecule has 2 aliphatic heterocycles. The number of allylic oxidation sites excluding steroid dienone is 4. The van der Waals surface area contributed by atoms with Gasteiger partial charge in [0.1, 0.15) is 0 Å². The van der Waals surface area contributed by atoms with Crippen molar-refractivity contribution >= 4 is 0 Å². The SMILES string of the molecule is C=CC(C)(C)CCC1OCCO1.C=CC(CC1OCCO1)C(C)C.CC1=CC[C@@H]2[C@H](C1)C2(C)C. The molecule has 0 amide bonds. The summed E-state index contributed by atoms with van der Waals surface area (Å²) in [6.07, 6.45) is 12.2. The van der Waals surface area contributed by atoms with Gasteiger partial charge >= 0.3 is 0 Å². The van der Waals surface area contributed by atoms with E-state index in [0.29, 0.717) is 17.3 Å². The highest BCUT2D eigenvalue weighted by Crippen LogP contribution is 2.64. The van der Waals surface area contributed by atoms with Crippen molar-refractivity contribution < 1.29 is 18.9 Å². The van der Waals surface area contributed by atoms with Crippen LogP contribution in [0.2, 0.25) is 0 Å². The Morgan fingerprint density at radius 1 is 1.00 bits per heavy atom. The van der Waals surface area contributed by atoms with E-state index in [9.17, 15) is 0 Å². The molecule has 4 aliphatic rings. The van der Waals surface area contributed by atoms with E-state index in [-0.39, 0.29) is 18.0 Å². The second-order valence-corrected chi connectivity index (χ2v) is 12.0. The molecule has 0 aromatic heterocycles. The Hall–Kier alpha value is -0.940. The molecule has 196 valence electrons. The summed E-state index contributed by atoms with van der Waals surface area (Å²) in [6.45, 7) is 26.4. The molecule has 0 spiro atoms. The Morgan fingerprint density at radius 3 is 2.00 bits per heavy atom. The van der Waals surface area contributed by atoms with Crippen LogP contribution in [0.15, 0.2) is 37.0 Å². The van der Waals surface area contributed by atoms with E-state index >= 15 is 0 Å². The molecular formula is C30H52O4. The summed E-state index contributed by atoms with van der Waals surface area (Å²) >= 11 is 0. The molecule has 2 saturated heterocycles. The van der Waals surface area contributed by atoms with E-state index in [4.69, 9.17) is 18.9 Å². The molecule has 34 heavy (non-hydrogen) atoms. The van der Waals surface area contributed by atoms with Gasteiger partial charge in [0.2, 0.25) is 0 Å². The maximum absolute atomic E-state index is 5.37. The third-order valence-electron chi connectivity index (χ3n) is 8.13. The number of rotatable bonds is 8. The lowest BCUT2D eigenvalue weighted by atomic mass is 9.88. The molecule has 3 fully saturated rings. The molecule has 0 aromatic rings. The number of ether oxygens (including phenoxy) is 4. The highest BCUT2D eigenvalue weighted by Gasteiger charge is 2.57. The molecule has 0 radical (unpaired) electrons. The molecule has 1 unspecified atom stereocenters. The second-order valence-electron chi connectivity index (χ2n) is 12.0. The molecule has 4 rings (SSSR count). The molecule has 2 heterocycles. The third-order valence-corrected chi connectivity index (χ3v) is 8.13. The van der Waals surface area contributed by atoms with Gasteiger partial charge in [0.15, 0.2) is 12.6 Å². The first-order chi connectivity index (χ1) is 16.0. The molecule has 0 aromatic carbocycles. The van der Waals surface area contributed by atoms with Crippen LogP contribution in [-0.2, 0) is 18.9 Å². The van der Waals surface area contributed by atoms with E-state index < -0.39 is 0 Å². The lowest BCUT2D eigenvalue weighted by Gasteiger charge is -2.20. The standard InChI is InChI=1S/2C10H18O2.C10H16/c1-4-10(2,3)6-5-9-11-7-8-12-9;1-4-9(8(2)3)7-10-11-5-6-12-10;1-7-4-5-8-9(6-7)10(8,2)3/h4,9H,1,5-8H2,2-3H3;4,8-10H,1,5-7H2,2-3H3;4,8-9H,5-6H2,1-3H3/t;;8-,9+/m..1/s1. The normalized spacial score (nSPS) is 27.0. The third kappa shape index (κ3) is 9.26. The first-order valence-corrected chi connectivity index (χ1v) is 13.4. The summed E-state index contributed by atoms with van der Waals surface area (Å²) < 4.78 is 21.4. The molecule has 2 aliphatic carbocycles. The van der Waals surface area contributed by atoms with Crippen molar-refractivity contribution in [1.82, 2.24) is 0 Å². The van der Waals surface area contributed by atoms with Gasteiger partial charge in [0, 0.05) is 6.42 Å². The van der Waals surface area contributed by atoms with Crippen LogP contribution in [0.4, 0.5) is 0 Å². The average Bonchev–Trinajstić information content (AvgIpc) is 3.29. The van der Waals surface area contributed by atoms with E-state index in [1.165, 1.54) is 12.8 Å². The average molecular weight is 477 g/mol.